The second-order valence-electron chi connectivity index (χ2n) is 10.9. The van der Waals surface area contributed by atoms with Crippen LogP contribution in [0.2, 0.25) is 0 Å². The smallest absolute Gasteiger partial charge is 0.347 e. The fourth-order valence-electron chi connectivity index (χ4n) is 4.65. The molecule has 3 aromatic rings. The summed E-state index contributed by atoms with van der Waals surface area (Å²) in [5.74, 6) is -1.13. The van der Waals surface area contributed by atoms with Crippen LogP contribution in [0.25, 0.3) is 22.0 Å². The lowest BCUT2D eigenvalue weighted by molar-refractivity contribution is -0.152. The predicted octanol–water partition coefficient (Wildman–Crippen LogP) is 7.59. The van der Waals surface area contributed by atoms with Crippen molar-refractivity contribution >= 4 is 20.9 Å². The van der Waals surface area contributed by atoms with Crippen molar-refractivity contribution in [1.29, 1.82) is 0 Å². The fraction of sp³-hybridized carbons (Fsp3) is 0.462. The number of rotatable bonds is 6. The Morgan fingerprint density at radius 2 is 1.68 bits per heavy atom. The molecule has 0 bridgehead atoms. The largest absolute Gasteiger partial charge is 0.417 e. The minimum absolute atomic E-state index is 0.00142. The van der Waals surface area contributed by atoms with E-state index in [2.05, 4.69) is 0 Å². The Hall–Kier alpha value is -2.60. The van der Waals surface area contributed by atoms with Crippen molar-refractivity contribution in [2.45, 2.75) is 70.2 Å². The van der Waals surface area contributed by atoms with Gasteiger partial charge in [-0.15, -0.1) is 0 Å². The summed E-state index contributed by atoms with van der Waals surface area (Å²) in [6.45, 7) is 5.63. The highest BCUT2D eigenvalue weighted by atomic mass is 32.2. The van der Waals surface area contributed by atoms with Gasteiger partial charge < -0.3 is 4.57 Å². The van der Waals surface area contributed by atoms with Crippen LogP contribution in [0.15, 0.2) is 42.6 Å². The molecule has 1 unspecified atom stereocenters. The second kappa shape index (κ2) is 9.55. The van der Waals surface area contributed by atoms with E-state index in [1.807, 2.05) is 25.5 Å². The molecule has 1 atom stereocenters. The molecule has 1 heterocycles. The first-order valence-electron chi connectivity index (χ1n) is 12.0. The van der Waals surface area contributed by atoms with Crippen LogP contribution in [0.3, 0.4) is 0 Å². The van der Waals surface area contributed by atoms with Gasteiger partial charge in [0.05, 0.1) is 10.8 Å². The molecule has 1 aliphatic rings. The molecule has 1 aliphatic carbocycles. The molecule has 4 rings (SSSR count). The number of fused-ring (bicyclic) bond motifs is 1. The molecule has 0 spiro atoms. The number of hydrogen-bond donors (Lipinski definition) is 1. The van der Waals surface area contributed by atoms with Gasteiger partial charge in [0.15, 0.2) is 0 Å². The lowest BCUT2D eigenvalue weighted by atomic mass is 9.96. The average molecular weight is 565 g/mol. The summed E-state index contributed by atoms with van der Waals surface area (Å²) in [4.78, 5) is 0. The van der Waals surface area contributed by atoms with Crippen molar-refractivity contribution in [3.05, 3.63) is 59.5 Å². The van der Waals surface area contributed by atoms with Crippen LogP contribution in [0.1, 0.15) is 57.2 Å². The van der Waals surface area contributed by atoms with Crippen LogP contribution in [0, 0.1) is 11.2 Å². The van der Waals surface area contributed by atoms with Gasteiger partial charge in [-0.3, -0.25) is 0 Å². The van der Waals surface area contributed by atoms with Gasteiger partial charge in [-0.05, 0) is 42.0 Å². The van der Waals surface area contributed by atoms with E-state index >= 15 is 0 Å². The monoisotopic (exact) mass is 564 g/mol. The summed E-state index contributed by atoms with van der Waals surface area (Å²) in [5.41, 5.74) is -2.82. The second-order valence-corrected chi connectivity index (χ2v) is 12.8. The highest BCUT2D eigenvalue weighted by molar-refractivity contribution is 7.90. The first-order valence-corrected chi connectivity index (χ1v) is 13.5. The molecule has 38 heavy (non-hydrogen) atoms. The third-order valence-corrected chi connectivity index (χ3v) is 8.49. The van der Waals surface area contributed by atoms with Gasteiger partial charge in [0.1, 0.15) is 11.9 Å². The van der Waals surface area contributed by atoms with E-state index < -0.39 is 56.0 Å². The first-order chi connectivity index (χ1) is 17.4. The van der Waals surface area contributed by atoms with Crippen LogP contribution in [-0.4, -0.2) is 24.4 Å². The number of benzene rings is 2. The van der Waals surface area contributed by atoms with Gasteiger partial charge in [0.2, 0.25) is 10.0 Å². The van der Waals surface area contributed by atoms with E-state index in [4.69, 9.17) is 0 Å². The number of nitrogens with one attached hydrogen (secondary N) is 1. The molecule has 12 heteroatoms. The van der Waals surface area contributed by atoms with Gasteiger partial charge in [-0.2, -0.15) is 31.1 Å². The Morgan fingerprint density at radius 3 is 2.21 bits per heavy atom. The van der Waals surface area contributed by atoms with Gasteiger partial charge in [0, 0.05) is 34.8 Å². The van der Waals surface area contributed by atoms with Crippen molar-refractivity contribution in [1.82, 2.24) is 9.29 Å². The van der Waals surface area contributed by atoms with E-state index in [0.717, 1.165) is 24.3 Å². The molecular weight excluding hydrogens is 537 g/mol. The van der Waals surface area contributed by atoms with Gasteiger partial charge in [-0.25, -0.2) is 12.8 Å². The summed E-state index contributed by atoms with van der Waals surface area (Å²) in [6, 6.07) is 3.49. The molecule has 2 aromatic carbocycles. The number of alkyl halides is 6. The van der Waals surface area contributed by atoms with Crippen LogP contribution >= 0.6 is 0 Å². The minimum atomic E-state index is -4.99. The number of aromatic nitrogens is 1. The van der Waals surface area contributed by atoms with E-state index in [0.29, 0.717) is 6.42 Å². The van der Waals surface area contributed by atoms with E-state index in [9.17, 15) is 39.2 Å². The zero-order valence-corrected chi connectivity index (χ0v) is 21.7. The minimum Gasteiger partial charge on any atom is -0.347 e. The standard InChI is InChI=1S/C26H27F7N2O2S/c1-24(2,3)14-35-13-18(23(26(31,32)33)34-38(36,37)16-6-4-7-16)17-11-10-15(12-21(17)35)22-19(25(28,29)30)8-5-9-20(22)27/h5,8-13,16,23,34H,4,6-7,14H2,1-3H3. The van der Waals surface area contributed by atoms with Crippen LogP contribution in [0.4, 0.5) is 30.7 Å². The molecule has 0 radical (unpaired) electrons. The lowest BCUT2D eigenvalue weighted by Gasteiger charge is -2.29. The van der Waals surface area contributed by atoms with E-state index in [1.54, 1.807) is 0 Å². The zero-order valence-electron chi connectivity index (χ0n) is 20.8. The van der Waals surface area contributed by atoms with Crippen molar-refractivity contribution < 1.29 is 39.2 Å². The molecule has 1 aromatic heterocycles. The molecule has 1 saturated carbocycles. The van der Waals surface area contributed by atoms with Gasteiger partial charge in [0.25, 0.3) is 0 Å². The molecule has 1 fully saturated rings. The predicted molar refractivity (Wildman–Crippen MR) is 130 cm³/mol. The first kappa shape index (κ1) is 28.4. The maximum atomic E-state index is 14.7. The van der Waals surface area contributed by atoms with E-state index in [-0.39, 0.29) is 41.4 Å². The van der Waals surface area contributed by atoms with Gasteiger partial charge >= 0.3 is 12.4 Å². The number of sulfonamides is 1. The molecule has 4 nitrogen and oxygen atoms in total. The Balaban J connectivity index is 1.93. The van der Waals surface area contributed by atoms with Crippen LogP contribution < -0.4 is 4.72 Å². The van der Waals surface area contributed by atoms with Crippen molar-refractivity contribution in [2.75, 3.05) is 0 Å². The van der Waals surface area contributed by atoms with Crippen LogP contribution in [0.5, 0.6) is 0 Å². The summed E-state index contributed by atoms with van der Waals surface area (Å²) in [7, 11) is -4.28. The van der Waals surface area contributed by atoms with Gasteiger partial charge in [-0.1, -0.05) is 45.4 Å². The third-order valence-electron chi connectivity index (χ3n) is 6.58. The fourth-order valence-corrected chi connectivity index (χ4v) is 6.39. The average Bonchev–Trinajstić information content (AvgIpc) is 3.04. The lowest BCUT2D eigenvalue weighted by Crippen LogP contribution is -2.44. The maximum absolute atomic E-state index is 14.7. The SMILES string of the molecule is CC(C)(C)Cn1cc(C(NS(=O)(=O)C2CCC2)C(F)(F)F)c2ccc(-c3c(F)cccc3C(F)(F)F)cc21. The Bertz CT molecular complexity index is 1450. The quantitative estimate of drug-likeness (QED) is 0.314. The van der Waals surface area contributed by atoms with Crippen molar-refractivity contribution in [3.8, 4) is 11.1 Å². The topological polar surface area (TPSA) is 51.1 Å². The summed E-state index contributed by atoms with van der Waals surface area (Å²) < 4.78 is 127. The van der Waals surface area contributed by atoms with Crippen molar-refractivity contribution in [3.63, 3.8) is 0 Å². The normalized spacial score (nSPS) is 16.6. The van der Waals surface area contributed by atoms with Crippen molar-refractivity contribution in [2.24, 2.45) is 5.41 Å². The molecule has 0 amide bonds. The summed E-state index contributed by atoms with van der Waals surface area (Å²) >= 11 is 0. The Kier molecular flexibility index (Phi) is 7.14. The Labute approximate surface area is 215 Å². The highest BCUT2D eigenvalue weighted by Crippen LogP contribution is 2.43. The molecule has 0 aliphatic heterocycles. The molecular formula is C26H27F7N2O2S. The Morgan fingerprint density at radius 1 is 1.03 bits per heavy atom. The summed E-state index contributed by atoms with van der Waals surface area (Å²) in [6.07, 6.45) is -7.56. The maximum Gasteiger partial charge on any atom is 0.417 e. The number of hydrogen-bond acceptors (Lipinski definition) is 2. The van der Waals surface area contributed by atoms with Crippen LogP contribution in [-0.2, 0) is 22.7 Å². The molecule has 1 N–H and O–H groups in total. The summed E-state index contributed by atoms with van der Waals surface area (Å²) in [5, 5.41) is -0.912. The molecule has 0 saturated heterocycles. The number of nitrogens with zero attached hydrogens (tertiary/aromatic N) is 1. The molecule has 208 valence electrons. The third kappa shape index (κ3) is 5.70. The zero-order chi connectivity index (χ0) is 28.3. The number of halogens is 7. The van der Waals surface area contributed by atoms with E-state index in [1.165, 1.54) is 22.9 Å². The highest BCUT2D eigenvalue weighted by Gasteiger charge is 2.47.